The van der Waals surface area contributed by atoms with Gasteiger partial charge in [-0.3, -0.25) is 0 Å². The smallest absolute Gasteiger partial charge is 0.0442 e. The van der Waals surface area contributed by atoms with Crippen LogP contribution >= 0.6 is 11.8 Å². The van der Waals surface area contributed by atoms with Gasteiger partial charge in [0.15, 0.2) is 0 Å². The van der Waals surface area contributed by atoms with Crippen LogP contribution in [0, 0.1) is 0 Å². The lowest BCUT2D eigenvalue weighted by Gasteiger charge is -2.19. The summed E-state index contributed by atoms with van der Waals surface area (Å²) in [5.74, 6) is 1.26. The highest BCUT2D eigenvalue weighted by molar-refractivity contribution is 7.99. The van der Waals surface area contributed by atoms with Crippen LogP contribution in [0.4, 0.5) is 0 Å². The lowest BCUT2D eigenvalue weighted by molar-refractivity contribution is 0.604. The van der Waals surface area contributed by atoms with E-state index < -0.39 is 0 Å². The summed E-state index contributed by atoms with van der Waals surface area (Å²) in [6.07, 6.45) is 2.52. The summed E-state index contributed by atoms with van der Waals surface area (Å²) < 4.78 is 0. The van der Waals surface area contributed by atoms with Gasteiger partial charge in [-0.1, -0.05) is 12.1 Å². The first-order chi connectivity index (χ1) is 7.35. The highest BCUT2D eigenvalue weighted by Gasteiger charge is 2.13. The third-order valence-corrected chi connectivity index (χ3v) is 4.12. The molecule has 0 amide bonds. The molecule has 2 rings (SSSR count). The van der Waals surface area contributed by atoms with Gasteiger partial charge >= 0.3 is 0 Å². The minimum Gasteiger partial charge on any atom is -0.329 e. The van der Waals surface area contributed by atoms with Gasteiger partial charge in [-0.05, 0) is 42.8 Å². The molecule has 0 spiro atoms. The molecule has 0 aromatic heterocycles. The number of nitrogens with one attached hydrogen (secondary N) is 1. The lowest BCUT2D eigenvalue weighted by Crippen LogP contribution is -2.25. The van der Waals surface area contributed by atoms with E-state index in [9.17, 15) is 0 Å². The van der Waals surface area contributed by atoms with Crippen LogP contribution in [0.2, 0.25) is 0 Å². The number of nitrogens with two attached hydrogens (primary N) is 1. The predicted molar refractivity (Wildman–Crippen MR) is 66.3 cm³/mol. The second kappa shape index (κ2) is 5.01. The summed E-state index contributed by atoms with van der Waals surface area (Å²) in [5, 5.41) is 3.24. The van der Waals surface area contributed by atoms with E-state index in [0.29, 0.717) is 12.6 Å². The molecule has 0 saturated heterocycles. The first-order valence-electron chi connectivity index (χ1n) is 5.48. The molecule has 1 aliphatic heterocycles. The Morgan fingerprint density at radius 3 is 3.13 bits per heavy atom. The van der Waals surface area contributed by atoms with Gasteiger partial charge in [-0.2, -0.15) is 0 Å². The highest BCUT2D eigenvalue weighted by Crippen LogP contribution is 2.31. The molecule has 0 fully saturated rings. The molecule has 1 aliphatic rings. The van der Waals surface area contributed by atoms with Gasteiger partial charge in [0.1, 0.15) is 0 Å². The number of hydrogen-bond acceptors (Lipinski definition) is 3. The molecular formula is C12H18N2S. The van der Waals surface area contributed by atoms with Crippen molar-refractivity contribution in [2.45, 2.75) is 23.8 Å². The monoisotopic (exact) mass is 222 g/mol. The van der Waals surface area contributed by atoms with Gasteiger partial charge in [0.05, 0.1) is 0 Å². The van der Waals surface area contributed by atoms with E-state index >= 15 is 0 Å². The molecule has 15 heavy (non-hydrogen) atoms. The average molecular weight is 222 g/mol. The molecular weight excluding hydrogens is 204 g/mol. The van der Waals surface area contributed by atoms with Crippen molar-refractivity contribution in [1.29, 1.82) is 0 Å². The molecule has 0 aliphatic carbocycles. The summed E-state index contributed by atoms with van der Waals surface area (Å²) in [4.78, 5) is 1.46. The Morgan fingerprint density at radius 2 is 2.40 bits per heavy atom. The van der Waals surface area contributed by atoms with Crippen LogP contribution in [0.25, 0.3) is 0 Å². The maximum atomic E-state index is 5.72. The van der Waals surface area contributed by atoms with Crippen molar-refractivity contribution >= 4 is 11.8 Å². The minimum atomic E-state index is 0.294. The third kappa shape index (κ3) is 2.36. The van der Waals surface area contributed by atoms with E-state index in [1.54, 1.807) is 0 Å². The first kappa shape index (κ1) is 11.0. The Morgan fingerprint density at radius 1 is 1.53 bits per heavy atom. The second-order valence-electron chi connectivity index (χ2n) is 3.90. The fourth-order valence-corrected chi connectivity index (χ4v) is 3.04. The Labute approximate surface area is 95.6 Å². The SMILES string of the molecule is CNC(CN)c1ccc2c(c1)CCCS2. The molecule has 3 heteroatoms. The van der Waals surface area contributed by atoms with Crippen molar-refractivity contribution in [2.75, 3.05) is 19.3 Å². The summed E-state index contributed by atoms with van der Waals surface area (Å²) in [6.45, 7) is 0.655. The molecule has 1 heterocycles. The molecule has 0 bridgehead atoms. The Kier molecular flexibility index (Phi) is 3.67. The Balaban J connectivity index is 2.27. The first-order valence-corrected chi connectivity index (χ1v) is 6.46. The fourth-order valence-electron chi connectivity index (χ4n) is 2.02. The molecule has 0 saturated carbocycles. The topological polar surface area (TPSA) is 38.0 Å². The van der Waals surface area contributed by atoms with Crippen molar-refractivity contribution in [3.8, 4) is 0 Å². The van der Waals surface area contributed by atoms with Gasteiger partial charge < -0.3 is 11.1 Å². The molecule has 82 valence electrons. The van der Waals surface area contributed by atoms with Crippen molar-refractivity contribution < 1.29 is 0 Å². The number of likely N-dealkylation sites (N-methyl/N-ethyl adjacent to an activating group) is 1. The van der Waals surface area contributed by atoms with Crippen LogP contribution in [0.5, 0.6) is 0 Å². The number of aryl methyl sites for hydroxylation is 1. The Bertz CT molecular complexity index is 334. The molecule has 1 unspecified atom stereocenters. The third-order valence-electron chi connectivity index (χ3n) is 2.92. The molecule has 1 aromatic carbocycles. The number of thioether (sulfide) groups is 1. The van der Waals surface area contributed by atoms with E-state index in [-0.39, 0.29) is 0 Å². The van der Waals surface area contributed by atoms with Gasteiger partial charge in [0.25, 0.3) is 0 Å². The van der Waals surface area contributed by atoms with Gasteiger partial charge in [0.2, 0.25) is 0 Å². The van der Waals surface area contributed by atoms with Crippen molar-refractivity contribution in [3.05, 3.63) is 29.3 Å². The fraction of sp³-hybridized carbons (Fsp3) is 0.500. The molecule has 3 N–H and O–H groups in total. The van der Waals surface area contributed by atoms with Crippen LogP contribution in [0.15, 0.2) is 23.1 Å². The van der Waals surface area contributed by atoms with Crippen molar-refractivity contribution in [1.82, 2.24) is 5.32 Å². The quantitative estimate of drug-likeness (QED) is 0.821. The molecule has 0 radical (unpaired) electrons. The van der Waals surface area contributed by atoms with Crippen molar-refractivity contribution in [2.24, 2.45) is 5.73 Å². The predicted octanol–water partition coefficient (Wildman–Crippen LogP) is 1.94. The van der Waals surface area contributed by atoms with Crippen LogP contribution in [0.3, 0.4) is 0 Å². The zero-order valence-corrected chi connectivity index (χ0v) is 9.94. The second-order valence-corrected chi connectivity index (χ2v) is 5.03. The minimum absolute atomic E-state index is 0.294. The highest BCUT2D eigenvalue weighted by atomic mass is 32.2. The number of fused-ring (bicyclic) bond motifs is 1. The summed E-state index contributed by atoms with van der Waals surface area (Å²) in [7, 11) is 1.96. The largest absolute Gasteiger partial charge is 0.329 e. The average Bonchev–Trinajstić information content (AvgIpc) is 2.30. The normalized spacial score (nSPS) is 17.2. The number of benzene rings is 1. The van der Waals surface area contributed by atoms with E-state index in [0.717, 1.165) is 0 Å². The number of hydrogen-bond donors (Lipinski definition) is 2. The zero-order valence-electron chi connectivity index (χ0n) is 9.12. The van der Waals surface area contributed by atoms with Crippen LogP contribution < -0.4 is 11.1 Å². The summed E-state index contributed by atoms with van der Waals surface area (Å²) >= 11 is 1.97. The van der Waals surface area contributed by atoms with Gasteiger partial charge in [-0.15, -0.1) is 11.8 Å². The van der Waals surface area contributed by atoms with Crippen molar-refractivity contribution in [3.63, 3.8) is 0 Å². The van der Waals surface area contributed by atoms with Crippen LogP contribution in [0.1, 0.15) is 23.6 Å². The molecule has 2 nitrogen and oxygen atoms in total. The lowest BCUT2D eigenvalue weighted by atomic mass is 10.0. The van der Waals surface area contributed by atoms with E-state index in [4.69, 9.17) is 5.73 Å². The van der Waals surface area contributed by atoms with E-state index in [1.165, 1.54) is 34.6 Å². The maximum Gasteiger partial charge on any atom is 0.0442 e. The number of rotatable bonds is 3. The van der Waals surface area contributed by atoms with Gasteiger partial charge in [-0.25, -0.2) is 0 Å². The zero-order chi connectivity index (χ0) is 10.7. The molecule has 1 atom stereocenters. The standard InChI is InChI=1S/C12H18N2S/c1-14-11(8-13)9-4-5-12-10(7-9)3-2-6-15-12/h4-5,7,11,14H,2-3,6,8,13H2,1H3. The van der Waals surface area contributed by atoms with E-state index in [1.807, 2.05) is 18.8 Å². The Hall–Kier alpha value is -0.510. The maximum absolute atomic E-state index is 5.72. The molecule has 1 aromatic rings. The summed E-state index contributed by atoms with van der Waals surface area (Å²) in [6, 6.07) is 7.05. The summed E-state index contributed by atoms with van der Waals surface area (Å²) in [5.41, 5.74) is 8.54. The van der Waals surface area contributed by atoms with E-state index in [2.05, 4.69) is 23.5 Å². The van der Waals surface area contributed by atoms with Crippen LogP contribution in [-0.2, 0) is 6.42 Å². The van der Waals surface area contributed by atoms with Crippen LogP contribution in [-0.4, -0.2) is 19.3 Å². The van der Waals surface area contributed by atoms with Gasteiger partial charge in [0, 0.05) is 17.5 Å².